The number of thiophene rings is 1. The minimum Gasteiger partial charge on any atom is -0.384 e. The van der Waals surface area contributed by atoms with Crippen molar-refractivity contribution in [3.8, 4) is 0 Å². The third kappa shape index (κ3) is 4.19. The van der Waals surface area contributed by atoms with E-state index in [0.29, 0.717) is 15.7 Å². The average molecular weight is 324 g/mol. The van der Waals surface area contributed by atoms with E-state index in [1.165, 1.54) is 11.3 Å². The largest absolute Gasteiger partial charge is 0.384 e. The van der Waals surface area contributed by atoms with Gasteiger partial charge < -0.3 is 11.1 Å². The summed E-state index contributed by atoms with van der Waals surface area (Å²) in [5, 5.41) is 2.95. The average Bonchev–Trinajstić information content (AvgIpc) is 2.85. The summed E-state index contributed by atoms with van der Waals surface area (Å²) in [7, 11) is 0. The van der Waals surface area contributed by atoms with Gasteiger partial charge in [-0.1, -0.05) is 24.9 Å². The third-order valence-corrected chi connectivity index (χ3v) is 4.45. The van der Waals surface area contributed by atoms with Gasteiger partial charge in [0.25, 0.3) is 5.91 Å². The molecule has 0 aliphatic heterocycles. The van der Waals surface area contributed by atoms with Crippen LogP contribution >= 0.6 is 22.9 Å². The smallest absolute Gasteiger partial charge is 0.251 e. The second kappa shape index (κ2) is 6.91. The monoisotopic (exact) mass is 323 g/mol. The van der Waals surface area contributed by atoms with Gasteiger partial charge in [0.2, 0.25) is 0 Å². The molecule has 0 aliphatic carbocycles. The first-order valence-corrected chi connectivity index (χ1v) is 8.01. The Bertz CT molecular complexity index is 642. The fourth-order valence-corrected chi connectivity index (χ4v) is 3.10. The minimum atomic E-state index is -0.154. The number of hydrogen-bond donors (Lipinski definition) is 2. The van der Waals surface area contributed by atoms with Crippen LogP contribution in [-0.2, 0) is 6.42 Å². The van der Waals surface area contributed by atoms with Crippen molar-refractivity contribution in [2.45, 2.75) is 32.7 Å². The molecule has 2 aromatic rings. The highest BCUT2D eigenvalue weighted by atomic mass is 35.5. The van der Waals surface area contributed by atoms with Gasteiger partial charge >= 0.3 is 0 Å². The number of nitrogens with one attached hydrogen (secondary N) is 1. The Hall–Kier alpha value is -1.59. The van der Waals surface area contributed by atoms with Crippen molar-refractivity contribution in [1.29, 1.82) is 0 Å². The van der Waals surface area contributed by atoms with Crippen molar-refractivity contribution in [3.63, 3.8) is 0 Å². The highest BCUT2D eigenvalue weighted by Crippen LogP contribution is 2.26. The van der Waals surface area contributed by atoms with Crippen LogP contribution in [-0.4, -0.2) is 10.9 Å². The van der Waals surface area contributed by atoms with Crippen molar-refractivity contribution in [3.05, 3.63) is 44.7 Å². The normalized spacial score (nSPS) is 12.1. The number of aromatic nitrogens is 1. The molecule has 0 saturated heterocycles. The van der Waals surface area contributed by atoms with Gasteiger partial charge in [-0.2, -0.15) is 0 Å². The number of anilines is 1. The molecule has 0 saturated carbocycles. The summed E-state index contributed by atoms with van der Waals surface area (Å²) in [4.78, 5) is 17.6. The second-order valence-electron chi connectivity index (χ2n) is 4.86. The highest BCUT2D eigenvalue weighted by Gasteiger charge is 2.14. The van der Waals surface area contributed by atoms with E-state index in [0.717, 1.165) is 23.4 Å². The number of halogens is 1. The van der Waals surface area contributed by atoms with Crippen molar-refractivity contribution in [2.75, 3.05) is 5.73 Å². The van der Waals surface area contributed by atoms with Crippen LogP contribution in [0, 0.1) is 0 Å². The van der Waals surface area contributed by atoms with Gasteiger partial charge in [-0.25, -0.2) is 4.98 Å². The van der Waals surface area contributed by atoms with E-state index in [9.17, 15) is 4.79 Å². The van der Waals surface area contributed by atoms with Crippen LogP contribution < -0.4 is 11.1 Å². The SMILES string of the molecule is CCCc1cc(C(=O)NC(C)c2ccc(Cl)s2)cc(N)n1. The number of carbonyl (C=O) groups excluding carboxylic acids is 1. The van der Waals surface area contributed by atoms with Gasteiger partial charge in [0.1, 0.15) is 5.82 Å². The van der Waals surface area contributed by atoms with Crippen LogP contribution in [0.25, 0.3) is 0 Å². The van der Waals surface area contributed by atoms with Gasteiger partial charge in [0, 0.05) is 16.1 Å². The van der Waals surface area contributed by atoms with Crippen molar-refractivity contribution in [1.82, 2.24) is 10.3 Å². The zero-order chi connectivity index (χ0) is 15.4. The summed E-state index contributed by atoms with van der Waals surface area (Å²) in [6, 6.07) is 7.04. The lowest BCUT2D eigenvalue weighted by Gasteiger charge is -2.13. The third-order valence-electron chi connectivity index (χ3n) is 3.03. The van der Waals surface area contributed by atoms with E-state index in [2.05, 4.69) is 17.2 Å². The number of amides is 1. The van der Waals surface area contributed by atoms with Gasteiger partial charge in [-0.15, -0.1) is 11.3 Å². The van der Waals surface area contributed by atoms with Crippen LogP contribution in [0.5, 0.6) is 0 Å². The fourth-order valence-electron chi connectivity index (χ4n) is 2.04. The number of nitrogens with two attached hydrogens (primary N) is 1. The maximum atomic E-state index is 12.3. The van der Waals surface area contributed by atoms with Gasteiger partial charge in [-0.3, -0.25) is 4.79 Å². The predicted octanol–water partition coefficient (Wildman–Crippen LogP) is 3.82. The lowest BCUT2D eigenvalue weighted by atomic mass is 10.1. The molecule has 0 aromatic carbocycles. The molecule has 2 rings (SSSR count). The number of carbonyl (C=O) groups is 1. The lowest BCUT2D eigenvalue weighted by Crippen LogP contribution is -2.26. The van der Waals surface area contributed by atoms with Crippen LogP contribution in [0.2, 0.25) is 4.34 Å². The Morgan fingerprint density at radius 2 is 2.24 bits per heavy atom. The molecule has 2 aromatic heterocycles. The molecule has 6 heteroatoms. The van der Waals surface area contributed by atoms with Gasteiger partial charge in [0.15, 0.2) is 0 Å². The summed E-state index contributed by atoms with van der Waals surface area (Å²) in [6.45, 7) is 3.99. The molecule has 0 radical (unpaired) electrons. The molecule has 2 heterocycles. The standard InChI is InChI=1S/C15H18ClN3OS/c1-3-4-11-7-10(8-14(17)19-11)15(20)18-9(2)12-5-6-13(16)21-12/h5-9H,3-4H2,1-2H3,(H2,17,19)(H,18,20). The summed E-state index contributed by atoms with van der Waals surface area (Å²) in [6.07, 6.45) is 1.77. The summed E-state index contributed by atoms with van der Waals surface area (Å²) in [5.74, 6) is 0.219. The Morgan fingerprint density at radius 1 is 1.48 bits per heavy atom. The molecular formula is C15H18ClN3OS. The van der Waals surface area contributed by atoms with Gasteiger partial charge in [0.05, 0.1) is 10.4 Å². The lowest BCUT2D eigenvalue weighted by molar-refractivity contribution is 0.0940. The summed E-state index contributed by atoms with van der Waals surface area (Å²) < 4.78 is 0.712. The molecular weight excluding hydrogens is 306 g/mol. The quantitative estimate of drug-likeness (QED) is 0.878. The van der Waals surface area contributed by atoms with Gasteiger partial charge in [-0.05, 0) is 37.6 Å². The second-order valence-corrected chi connectivity index (χ2v) is 6.61. The minimum absolute atomic E-state index is 0.0981. The first kappa shape index (κ1) is 15.8. The van der Waals surface area contributed by atoms with E-state index >= 15 is 0 Å². The van der Waals surface area contributed by atoms with E-state index in [4.69, 9.17) is 17.3 Å². The number of aryl methyl sites for hydroxylation is 1. The Labute approximate surface area is 133 Å². The summed E-state index contributed by atoms with van der Waals surface area (Å²) >= 11 is 7.38. The fraction of sp³-hybridized carbons (Fsp3) is 0.333. The number of hydrogen-bond acceptors (Lipinski definition) is 4. The molecule has 0 aliphatic rings. The molecule has 1 atom stereocenters. The zero-order valence-electron chi connectivity index (χ0n) is 12.0. The van der Waals surface area contributed by atoms with Crippen molar-refractivity contribution in [2.24, 2.45) is 0 Å². The number of pyridine rings is 1. The van der Waals surface area contributed by atoms with E-state index in [1.807, 2.05) is 19.1 Å². The highest BCUT2D eigenvalue weighted by molar-refractivity contribution is 7.16. The molecule has 3 N–H and O–H groups in total. The van der Waals surface area contributed by atoms with Crippen LogP contribution in [0.4, 0.5) is 5.82 Å². The molecule has 1 unspecified atom stereocenters. The number of nitrogens with zero attached hydrogens (tertiary/aromatic N) is 1. The first-order chi connectivity index (χ1) is 9.99. The first-order valence-electron chi connectivity index (χ1n) is 6.82. The Morgan fingerprint density at radius 3 is 2.86 bits per heavy atom. The Balaban J connectivity index is 2.12. The maximum Gasteiger partial charge on any atom is 0.251 e. The molecule has 21 heavy (non-hydrogen) atoms. The summed E-state index contributed by atoms with van der Waals surface area (Å²) in [5.41, 5.74) is 7.15. The topological polar surface area (TPSA) is 68.0 Å². The predicted molar refractivity (Wildman–Crippen MR) is 87.9 cm³/mol. The number of rotatable bonds is 5. The van der Waals surface area contributed by atoms with E-state index in [-0.39, 0.29) is 11.9 Å². The molecule has 0 bridgehead atoms. The van der Waals surface area contributed by atoms with E-state index < -0.39 is 0 Å². The number of nitrogen functional groups attached to an aromatic ring is 1. The molecule has 112 valence electrons. The van der Waals surface area contributed by atoms with Crippen LogP contribution in [0.3, 0.4) is 0 Å². The molecule has 0 fully saturated rings. The molecule has 4 nitrogen and oxygen atoms in total. The van der Waals surface area contributed by atoms with Crippen molar-refractivity contribution >= 4 is 34.7 Å². The van der Waals surface area contributed by atoms with E-state index in [1.54, 1.807) is 12.1 Å². The molecule has 1 amide bonds. The zero-order valence-corrected chi connectivity index (χ0v) is 13.6. The van der Waals surface area contributed by atoms with Crippen LogP contribution in [0.1, 0.15) is 47.2 Å². The molecule has 0 spiro atoms. The van der Waals surface area contributed by atoms with Crippen LogP contribution in [0.15, 0.2) is 24.3 Å². The maximum absolute atomic E-state index is 12.3. The van der Waals surface area contributed by atoms with Crippen molar-refractivity contribution < 1.29 is 4.79 Å². The Kier molecular flexibility index (Phi) is 5.20.